The maximum Gasteiger partial charge on any atom is 0.257 e. The van der Waals surface area contributed by atoms with Crippen LogP contribution in [0.25, 0.3) is 0 Å². The van der Waals surface area contributed by atoms with Crippen molar-refractivity contribution in [3.05, 3.63) is 18.5 Å². The van der Waals surface area contributed by atoms with Crippen LogP contribution in [0, 0.1) is 5.92 Å². The summed E-state index contributed by atoms with van der Waals surface area (Å²) in [5.74, 6) is 1.01. The molecule has 2 atom stereocenters. The molecule has 1 fully saturated rings. The zero-order valence-electron chi connectivity index (χ0n) is 10.6. The third kappa shape index (κ3) is 2.79. The van der Waals surface area contributed by atoms with Gasteiger partial charge in [0.1, 0.15) is 11.8 Å². The summed E-state index contributed by atoms with van der Waals surface area (Å²) >= 11 is 0. The third-order valence-electron chi connectivity index (χ3n) is 2.70. The highest BCUT2D eigenvalue weighted by Gasteiger charge is 2.27. The number of allylic oxidation sites excluding steroid dienone is 1. The Kier molecular flexibility index (Phi) is 3.38. The summed E-state index contributed by atoms with van der Waals surface area (Å²) in [6.45, 7) is 9.22. The molecular weight excluding hydrogens is 218 g/mol. The molecule has 0 aliphatic carbocycles. The number of hydrogen-bond donors (Lipinski definition) is 1. The molecule has 1 unspecified atom stereocenters. The largest absolute Gasteiger partial charge is 0.469 e. The SMILES string of the molecule is C=C(C)Nc1cn(C)nc1OC1COC[C@@H]1C. The summed E-state index contributed by atoms with van der Waals surface area (Å²) in [4.78, 5) is 0. The molecular formula is C12H19N3O2. The first-order valence-electron chi connectivity index (χ1n) is 5.77. The second-order valence-corrected chi connectivity index (χ2v) is 4.60. The third-order valence-corrected chi connectivity index (χ3v) is 2.70. The molecule has 1 aliphatic heterocycles. The van der Waals surface area contributed by atoms with E-state index in [1.54, 1.807) is 4.68 Å². The molecule has 0 saturated carbocycles. The van der Waals surface area contributed by atoms with Crippen molar-refractivity contribution >= 4 is 5.69 Å². The molecule has 0 bridgehead atoms. The second-order valence-electron chi connectivity index (χ2n) is 4.60. The van der Waals surface area contributed by atoms with Crippen molar-refractivity contribution in [2.75, 3.05) is 18.5 Å². The molecule has 5 heteroatoms. The standard InChI is InChI=1S/C12H19N3O2/c1-8(2)13-10-5-15(4)14-12(10)17-11-7-16-6-9(11)3/h5,9,11,13H,1,6-7H2,2-4H3/t9-,11?/m0/s1. The lowest BCUT2D eigenvalue weighted by atomic mass is 10.1. The van der Waals surface area contributed by atoms with Gasteiger partial charge >= 0.3 is 0 Å². The first kappa shape index (κ1) is 12.0. The summed E-state index contributed by atoms with van der Waals surface area (Å²) in [5.41, 5.74) is 1.71. The van der Waals surface area contributed by atoms with Gasteiger partial charge in [-0.15, -0.1) is 5.10 Å². The van der Waals surface area contributed by atoms with E-state index in [0.29, 0.717) is 18.4 Å². The topological polar surface area (TPSA) is 48.3 Å². The molecule has 1 N–H and O–H groups in total. The van der Waals surface area contributed by atoms with Crippen molar-refractivity contribution in [3.63, 3.8) is 0 Å². The summed E-state index contributed by atoms with van der Waals surface area (Å²) in [6, 6.07) is 0. The van der Waals surface area contributed by atoms with Crippen molar-refractivity contribution in [1.82, 2.24) is 9.78 Å². The van der Waals surface area contributed by atoms with Gasteiger partial charge in [-0.05, 0) is 6.92 Å². The maximum atomic E-state index is 5.88. The summed E-state index contributed by atoms with van der Waals surface area (Å²) in [5, 5.41) is 7.44. The fourth-order valence-corrected chi connectivity index (χ4v) is 1.81. The molecule has 5 nitrogen and oxygen atoms in total. The van der Waals surface area contributed by atoms with Crippen LogP contribution in [0.2, 0.25) is 0 Å². The molecule has 0 amide bonds. The highest BCUT2D eigenvalue weighted by Crippen LogP contribution is 2.27. The van der Waals surface area contributed by atoms with Gasteiger partial charge in [0.2, 0.25) is 0 Å². The van der Waals surface area contributed by atoms with E-state index in [2.05, 4.69) is 23.9 Å². The van der Waals surface area contributed by atoms with Crippen molar-refractivity contribution < 1.29 is 9.47 Å². The molecule has 0 aromatic carbocycles. The number of nitrogens with zero attached hydrogens (tertiary/aromatic N) is 2. The van der Waals surface area contributed by atoms with Gasteiger partial charge in [-0.2, -0.15) is 0 Å². The van der Waals surface area contributed by atoms with Gasteiger partial charge < -0.3 is 14.8 Å². The molecule has 2 heterocycles. The highest BCUT2D eigenvalue weighted by molar-refractivity contribution is 5.54. The Morgan fingerprint density at radius 1 is 1.65 bits per heavy atom. The molecule has 1 aromatic heterocycles. The molecule has 17 heavy (non-hydrogen) atoms. The number of anilines is 1. The first-order chi connectivity index (χ1) is 8.06. The predicted molar refractivity (Wildman–Crippen MR) is 66.0 cm³/mol. The molecule has 0 spiro atoms. The van der Waals surface area contributed by atoms with Crippen LogP contribution in [-0.2, 0) is 11.8 Å². The second kappa shape index (κ2) is 4.79. The molecule has 94 valence electrons. The van der Waals surface area contributed by atoms with Crippen LogP contribution in [0.3, 0.4) is 0 Å². The summed E-state index contributed by atoms with van der Waals surface area (Å²) in [6.07, 6.45) is 1.96. The Morgan fingerprint density at radius 3 is 3.00 bits per heavy atom. The molecule has 1 saturated heterocycles. The van der Waals surface area contributed by atoms with E-state index in [-0.39, 0.29) is 6.10 Å². The van der Waals surface area contributed by atoms with Gasteiger partial charge in [0.15, 0.2) is 0 Å². The van der Waals surface area contributed by atoms with Gasteiger partial charge in [-0.25, -0.2) is 0 Å². The van der Waals surface area contributed by atoms with Gasteiger partial charge in [0.05, 0.1) is 19.4 Å². The van der Waals surface area contributed by atoms with Crippen LogP contribution < -0.4 is 10.1 Å². The first-order valence-corrected chi connectivity index (χ1v) is 5.77. The smallest absolute Gasteiger partial charge is 0.257 e. The summed E-state index contributed by atoms with van der Waals surface area (Å²) in [7, 11) is 1.87. The van der Waals surface area contributed by atoms with E-state index in [1.807, 2.05) is 20.2 Å². The number of rotatable bonds is 4. The lowest BCUT2D eigenvalue weighted by molar-refractivity contribution is 0.134. The van der Waals surface area contributed by atoms with Gasteiger partial charge in [0.25, 0.3) is 5.88 Å². The van der Waals surface area contributed by atoms with E-state index in [4.69, 9.17) is 9.47 Å². The lowest BCUT2D eigenvalue weighted by Crippen LogP contribution is -2.23. The minimum absolute atomic E-state index is 0.0792. The number of aryl methyl sites for hydroxylation is 1. The average Bonchev–Trinajstić information content (AvgIpc) is 2.75. The molecule has 1 aromatic rings. The average molecular weight is 237 g/mol. The minimum atomic E-state index is 0.0792. The monoisotopic (exact) mass is 237 g/mol. The molecule has 1 aliphatic rings. The van der Waals surface area contributed by atoms with E-state index < -0.39 is 0 Å². The van der Waals surface area contributed by atoms with Gasteiger partial charge in [0, 0.05) is 18.7 Å². The van der Waals surface area contributed by atoms with Gasteiger partial charge in [-0.3, -0.25) is 4.68 Å². The summed E-state index contributed by atoms with van der Waals surface area (Å²) < 4.78 is 13.0. The van der Waals surface area contributed by atoms with Crippen molar-refractivity contribution in [1.29, 1.82) is 0 Å². The van der Waals surface area contributed by atoms with Crippen LogP contribution in [0.1, 0.15) is 13.8 Å². The Morgan fingerprint density at radius 2 is 2.41 bits per heavy atom. The van der Waals surface area contributed by atoms with Crippen LogP contribution >= 0.6 is 0 Å². The van der Waals surface area contributed by atoms with Crippen LogP contribution in [0.15, 0.2) is 18.5 Å². The van der Waals surface area contributed by atoms with E-state index in [0.717, 1.165) is 18.0 Å². The number of nitrogens with one attached hydrogen (secondary N) is 1. The maximum absolute atomic E-state index is 5.88. The fraction of sp³-hybridized carbons (Fsp3) is 0.583. The lowest BCUT2D eigenvalue weighted by Gasteiger charge is -2.15. The zero-order chi connectivity index (χ0) is 12.4. The van der Waals surface area contributed by atoms with Gasteiger partial charge in [-0.1, -0.05) is 13.5 Å². The highest BCUT2D eigenvalue weighted by atomic mass is 16.6. The Hall–Kier alpha value is -1.49. The molecule has 2 rings (SSSR count). The quantitative estimate of drug-likeness (QED) is 0.867. The van der Waals surface area contributed by atoms with Crippen molar-refractivity contribution in [2.24, 2.45) is 13.0 Å². The Bertz CT molecular complexity index is 414. The minimum Gasteiger partial charge on any atom is -0.469 e. The predicted octanol–water partition coefficient (Wildman–Crippen LogP) is 1.78. The normalized spacial score (nSPS) is 23.7. The number of aromatic nitrogens is 2. The Labute approximate surface area is 101 Å². The van der Waals surface area contributed by atoms with Crippen LogP contribution in [0.4, 0.5) is 5.69 Å². The zero-order valence-corrected chi connectivity index (χ0v) is 10.6. The fourth-order valence-electron chi connectivity index (χ4n) is 1.81. The number of hydrogen-bond acceptors (Lipinski definition) is 4. The van der Waals surface area contributed by atoms with E-state index in [9.17, 15) is 0 Å². The van der Waals surface area contributed by atoms with Crippen molar-refractivity contribution in [3.8, 4) is 5.88 Å². The Balaban J connectivity index is 2.11. The molecule has 0 radical (unpaired) electrons. The van der Waals surface area contributed by atoms with E-state index >= 15 is 0 Å². The van der Waals surface area contributed by atoms with Crippen LogP contribution in [-0.4, -0.2) is 29.1 Å². The van der Waals surface area contributed by atoms with E-state index in [1.165, 1.54) is 0 Å². The number of ether oxygens (including phenoxy) is 2. The van der Waals surface area contributed by atoms with Crippen LogP contribution in [0.5, 0.6) is 5.88 Å². The van der Waals surface area contributed by atoms with Crippen molar-refractivity contribution in [2.45, 2.75) is 20.0 Å².